The monoisotopic (exact) mass is 274 g/mol. The van der Waals surface area contributed by atoms with Gasteiger partial charge in [0.15, 0.2) is 5.82 Å². The van der Waals surface area contributed by atoms with E-state index in [1.165, 1.54) is 0 Å². The van der Waals surface area contributed by atoms with Crippen molar-refractivity contribution in [3.63, 3.8) is 0 Å². The maximum absolute atomic E-state index is 5.77. The third-order valence-electron chi connectivity index (χ3n) is 3.54. The molecule has 1 saturated carbocycles. The van der Waals surface area contributed by atoms with Gasteiger partial charge in [0.25, 0.3) is 0 Å². The fourth-order valence-electron chi connectivity index (χ4n) is 2.54. The lowest BCUT2D eigenvalue weighted by molar-refractivity contribution is 0.108. The molecule has 3 N–H and O–H groups in total. The number of hydrogen-bond donors (Lipinski definition) is 2. The van der Waals surface area contributed by atoms with Gasteiger partial charge in [-0.3, -0.25) is 0 Å². The number of ether oxygens (including phenoxy) is 1. The number of rotatable bonds is 4. The van der Waals surface area contributed by atoms with E-state index >= 15 is 0 Å². The second kappa shape index (κ2) is 5.46. The van der Waals surface area contributed by atoms with Crippen LogP contribution in [0.25, 0.3) is 5.82 Å². The van der Waals surface area contributed by atoms with Crippen LogP contribution in [0.1, 0.15) is 19.3 Å². The Kier molecular flexibility index (Phi) is 3.51. The van der Waals surface area contributed by atoms with Crippen molar-refractivity contribution in [3.8, 4) is 5.82 Å². The largest absolute Gasteiger partial charge is 0.381 e. The number of aromatic nitrogens is 4. The van der Waals surface area contributed by atoms with Crippen LogP contribution in [0.15, 0.2) is 24.5 Å². The van der Waals surface area contributed by atoms with Gasteiger partial charge < -0.3 is 15.8 Å². The van der Waals surface area contributed by atoms with Crippen molar-refractivity contribution >= 4 is 11.8 Å². The summed E-state index contributed by atoms with van der Waals surface area (Å²) in [5.41, 5.74) is 5.77. The normalized spacial score (nSPS) is 22.1. The molecule has 1 fully saturated rings. The zero-order chi connectivity index (χ0) is 13.9. The number of nitrogen functional groups attached to an aromatic ring is 1. The second-order valence-electron chi connectivity index (χ2n) is 4.93. The van der Waals surface area contributed by atoms with Gasteiger partial charge >= 0.3 is 0 Å². The average Bonchev–Trinajstić information content (AvgIpc) is 3.09. The van der Waals surface area contributed by atoms with Gasteiger partial charge in [0.1, 0.15) is 5.82 Å². The molecular formula is C13H18N6O. The van der Waals surface area contributed by atoms with Gasteiger partial charge in [0.05, 0.1) is 6.10 Å². The summed E-state index contributed by atoms with van der Waals surface area (Å²) in [6.45, 7) is 0. The molecule has 7 heteroatoms. The number of anilines is 2. The Balaban J connectivity index is 1.77. The van der Waals surface area contributed by atoms with E-state index in [-0.39, 0.29) is 5.95 Å². The van der Waals surface area contributed by atoms with Gasteiger partial charge in [0.2, 0.25) is 5.95 Å². The molecule has 1 aliphatic carbocycles. The zero-order valence-corrected chi connectivity index (χ0v) is 11.4. The van der Waals surface area contributed by atoms with Crippen LogP contribution in [-0.2, 0) is 4.74 Å². The summed E-state index contributed by atoms with van der Waals surface area (Å²) in [6, 6.07) is 4.05. The Labute approximate surface area is 117 Å². The summed E-state index contributed by atoms with van der Waals surface area (Å²) in [7, 11) is 1.76. The topological polar surface area (TPSA) is 90.9 Å². The van der Waals surface area contributed by atoms with Crippen molar-refractivity contribution in [1.82, 2.24) is 19.7 Å². The van der Waals surface area contributed by atoms with E-state index < -0.39 is 0 Å². The zero-order valence-electron chi connectivity index (χ0n) is 11.4. The average molecular weight is 274 g/mol. The first-order valence-electron chi connectivity index (χ1n) is 6.68. The molecule has 0 spiro atoms. The predicted molar refractivity (Wildman–Crippen MR) is 75.6 cm³/mol. The molecule has 2 atom stereocenters. The SMILES string of the molecule is COC1CCC(Nc2cc(-n3cccn3)nc(N)n2)C1. The lowest BCUT2D eigenvalue weighted by atomic mass is 10.2. The molecule has 2 aromatic heterocycles. The molecule has 0 radical (unpaired) electrons. The van der Waals surface area contributed by atoms with Crippen molar-refractivity contribution in [2.75, 3.05) is 18.2 Å². The van der Waals surface area contributed by atoms with E-state index in [1.807, 2.05) is 18.3 Å². The first-order valence-corrected chi connectivity index (χ1v) is 6.68. The van der Waals surface area contributed by atoms with Crippen LogP contribution in [-0.4, -0.2) is 39.0 Å². The summed E-state index contributed by atoms with van der Waals surface area (Å²) < 4.78 is 7.04. The number of nitrogens with two attached hydrogens (primary N) is 1. The third-order valence-corrected chi connectivity index (χ3v) is 3.54. The lowest BCUT2D eigenvalue weighted by Gasteiger charge is -2.14. The number of methoxy groups -OCH3 is 1. The first-order chi connectivity index (χ1) is 9.74. The smallest absolute Gasteiger partial charge is 0.224 e. The van der Waals surface area contributed by atoms with Crippen LogP contribution in [0.2, 0.25) is 0 Å². The highest BCUT2D eigenvalue weighted by atomic mass is 16.5. The number of nitrogens with zero attached hydrogens (tertiary/aromatic N) is 4. The van der Waals surface area contributed by atoms with Crippen LogP contribution in [0.5, 0.6) is 0 Å². The van der Waals surface area contributed by atoms with Gasteiger partial charge in [-0.05, 0) is 25.3 Å². The van der Waals surface area contributed by atoms with Crippen LogP contribution < -0.4 is 11.1 Å². The summed E-state index contributed by atoms with van der Waals surface area (Å²) in [5.74, 6) is 1.62. The Morgan fingerprint density at radius 1 is 1.40 bits per heavy atom. The Hall–Kier alpha value is -2.15. The molecule has 0 bridgehead atoms. The molecule has 106 valence electrons. The highest BCUT2D eigenvalue weighted by Gasteiger charge is 2.24. The van der Waals surface area contributed by atoms with Crippen molar-refractivity contribution in [1.29, 1.82) is 0 Å². The molecule has 7 nitrogen and oxygen atoms in total. The van der Waals surface area contributed by atoms with Crippen molar-refractivity contribution in [2.24, 2.45) is 0 Å². The number of nitrogens with one attached hydrogen (secondary N) is 1. The van der Waals surface area contributed by atoms with E-state index in [9.17, 15) is 0 Å². The van der Waals surface area contributed by atoms with Crippen LogP contribution in [0, 0.1) is 0 Å². The van der Waals surface area contributed by atoms with E-state index in [4.69, 9.17) is 10.5 Å². The standard InChI is InChI=1S/C13H18N6O/c1-20-10-4-3-9(7-10)16-11-8-12(18-13(14)17-11)19-6-2-5-15-19/h2,5-6,8-10H,3-4,7H2,1H3,(H3,14,16,17,18). The molecule has 0 amide bonds. The molecule has 2 heterocycles. The summed E-state index contributed by atoms with van der Waals surface area (Å²) in [5, 5.41) is 7.54. The maximum atomic E-state index is 5.77. The van der Waals surface area contributed by atoms with Gasteiger partial charge in [0, 0.05) is 31.6 Å². The highest BCUT2D eigenvalue weighted by Crippen LogP contribution is 2.24. The third kappa shape index (κ3) is 2.72. The fraction of sp³-hybridized carbons (Fsp3) is 0.462. The molecule has 2 unspecified atom stereocenters. The lowest BCUT2D eigenvalue weighted by Crippen LogP contribution is -2.19. The Morgan fingerprint density at radius 2 is 2.30 bits per heavy atom. The summed E-state index contributed by atoms with van der Waals surface area (Å²) in [4.78, 5) is 8.42. The van der Waals surface area contributed by atoms with E-state index in [0.717, 1.165) is 25.1 Å². The van der Waals surface area contributed by atoms with Crippen LogP contribution in [0.4, 0.5) is 11.8 Å². The van der Waals surface area contributed by atoms with Crippen molar-refractivity contribution in [2.45, 2.75) is 31.4 Å². The van der Waals surface area contributed by atoms with Crippen LogP contribution in [0.3, 0.4) is 0 Å². The van der Waals surface area contributed by atoms with Gasteiger partial charge in [-0.1, -0.05) is 0 Å². The van der Waals surface area contributed by atoms with Crippen molar-refractivity contribution < 1.29 is 4.74 Å². The summed E-state index contributed by atoms with van der Waals surface area (Å²) in [6.07, 6.45) is 6.98. The molecule has 0 aromatic carbocycles. The Morgan fingerprint density at radius 3 is 3.00 bits per heavy atom. The maximum Gasteiger partial charge on any atom is 0.224 e. The molecular weight excluding hydrogens is 256 g/mol. The minimum Gasteiger partial charge on any atom is -0.381 e. The minimum absolute atomic E-state index is 0.238. The predicted octanol–water partition coefficient (Wildman–Crippen LogP) is 1.22. The molecule has 20 heavy (non-hydrogen) atoms. The molecule has 0 saturated heterocycles. The first kappa shape index (κ1) is 12.9. The van der Waals surface area contributed by atoms with E-state index in [2.05, 4.69) is 20.4 Å². The second-order valence-corrected chi connectivity index (χ2v) is 4.93. The highest BCUT2D eigenvalue weighted by molar-refractivity contribution is 5.46. The van der Waals surface area contributed by atoms with Gasteiger partial charge in [-0.2, -0.15) is 15.1 Å². The van der Waals surface area contributed by atoms with Gasteiger partial charge in [-0.15, -0.1) is 0 Å². The molecule has 1 aliphatic rings. The Bertz CT molecular complexity index is 570. The minimum atomic E-state index is 0.238. The molecule has 0 aliphatic heterocycles. The van der Waals surface area contributed by atoms with Gasteiger partial charge in [-0.25, -0.2) is 4.68 Å². The van der Waals surface area contributed by atoms with E-state index in [0.29, 0.717) is 18.0 Å². The van der Waals surface area contributed by atoms with Crippen LogP contribution >= 0.6 is 0 Å². The quantitative estimate of drug-likeness (QED) is 0.871. The van der Waals surface area contributed by atoms with Crippen molar-refractivity contribution in [3.05, 3.63) is 24.5 Å². The van der Waals surface area contributed by atoms with E-state index in [1.54, 1.807) is 18.0 Å². The number of hydrogen-bond acceptors (Lipinski definition) is 6. The molecule has 3 rings (SSSR count). The molecule has 2 aromatic rings. The summed E-state index contributed by atoms with van der Waals surface area (Å²) >= 11 is 0. The fourth-order valence-corrected chi connectivity index (χ4v) is 2.54.